The van der Waals surface area contributed by atoms with E-state index in [1.807, 2.05) is 6.92 Å². The second kappa shape index (κ2) is 5.59. The predicted octanol–water partition coefficient (Wildman–Crippen LogP) is 0.755. The number of hydrogen-bond acceptors (Lipinski definition) is 4. The molecule has 0 spiro atoms. The van der Waals surface area contributed by atoms with Gasteiger partial charge < -0.3 is 14.7 Å². The number of nitrogens with zero attached hydrogens (tertiary/aromatic N) is 1. The van der Waals surface area contributed by atoms with Gasteiger partial charge in [-0.3, -0.25) is 14.4 Å². The number of carboxylic acids is 1. The van der Waals surface area contributed by atoms with Crippen LogP contribution in [0.1, 0.15) is 27.2 Å². The lowest BCUT2D eigenvalue weighted by molar-refractivity contribution is -0.148. The summed E-state index contributed by atoms with van der Waals surface area (Å²) in [6.07, 6.45) is 0.702. The Balaban J connectivity index is 2.78. The van der Waals surface area contributed by atoms with Gasteiger partial charge in [-0.05, 0) is 11.8 Å². The largest absolute Gasteiger partial charge is 0.481 e. The Labute approximate surface area is 112 Å². The maximum atomic E-state index is 12.3. The fourth-order valence-electron chi connectivity index (χ4n) is 2.51. The van der Waals surface area contributed by atoms with Gasteiger partial charge in [-0.1, -0.05) is 20.8 Å². The van der Waals surface area contributed by atoms with E-state index >= 15 is 0 Å². The first-order valence-corrected chi connectivity index (χ1v) is 6.35. The third-order valence-electron chi connectivity index (χ3n) is 3.71. The van der Waals surface area contributed by atoms with E-state index in [1.54, 1.807) is 13.8 Å². The minimum absolute atomic E-state index is 0.123. The molecule has 1 aliphatic carbocycles. The Bertz CT molecular complexity index is 390. The molecule has 2 unspecified atom stereocenters. The van der Waals surface area contributed by atoms with Gasteiger partial charge in [0.25, 0.3) is 0 Å². The molecule has 108 valence electrons. The first-order valence-electron chi connectivity index (χ1n) is 6.35. The van der Waals surface area contributed by atoms with Crippen LogP contribution in [-0.2, 0) is 19.1 Å². The summed E-state index contributed by atoms with van der Waals surface area (Å²) in [4.78, 5) is 36.1. The highest BCUT2D eigenvalue weighted by atomic mass is 16.5. The van der Waals surface area contributed by atoms with E-state index in [9.17, 15) is 14.4 Å². The molecule has 1 N–H and O–H groups in total. The molecule has 1 rings (SSSR count). The second-order valence-electron chi connectivity index (χ2n) is 5.45. The minimum Gasteiger partial charge on any atom is -0.481 e. The van der Waals surface area contributed by atoms with Crippen LogP contribution < -0.4 is 0 Å². The number of ether oxygens (including phenoxy) is 1. The van der Waals surface area contributed by atoms with Crippen molar-refractivity contribution in [3.8, 4) is 0 Å². The average molecular weight is 271 g/mol. The van der Waals surface area contributed by atoms with Crippen LogP contribution in [0, 0.1) is 17.3 Å². The Kier molecular flexibility index (Phi) is 4.55. The van der Waals surface area contributed by atoms with Crippen LogP contribution in [0.2, 0.25) is 0 Å². The molecule has 1 amide bonds. The van der Waals surface area contributed by atoms with Gasteiger partial charge in [-0.25, -0.2) is 0 Å². The van der Waals surface area contributed by atoms with Crippen LogP contribution in [0.3, 0.4) is 0 Å². The summed E-state index contributed by atoms with van der Waals surface area (Å²) < 4.78 is 4.55. The van der Waals surface area contributed by atoms with Crippen LogP contribution in [0.4, 0.5) is 0 Å². The molecule has 2 atom stereocenters. The number of carbonyl (C=O) groups is 3. The van der Waals surface area contributed by atoms with Gasteiger partial charge in [-0.2, -0.15) is 0 Å². The molecular formula is C13H21NO5. The van der Waals surface area contributed by atoms with Gasteiger partial charge in [-0.15, -0.1) is 0 Å². The predicted molar refractivity (Wildman–Crippen MR) is 67.3 cm³/mol. The zero-order valence-electron chi connectivity index (χ0n) is 11.8. The molecule has 0 radical (unpaired) electrons. The molecule has 19 heavy (non-hydrogen) atoms. The Morgan fingerprint density at radius 3 is 2.21 bits per heavy atom. The normalized spacial score (nSPS) is 23.6. The van der Waals surface area contributed by atoms with E-state index in [-0.39, 0.29) is 12.5 Å². The molecule has 0 aliphatic heterocycles. The Morgan fingerprint density at radius 1 is 1.26 bits per heavy atom. The molecule has 0 aromatic carbocycles. The van der Waals surface area contributed by atoms with E-state index in [0.29, 0.717) is 13.0 Å². The number of amides is 1. The number of esters is 1. The lowest BCUT2D eigenvalue weighted by atomic mass is 10.1. The highest BCUT2D eigenvalue weighted by Gasteiger charge is 2.66. The first-order chi connectivity index (χ1) is 8.77. The summed E-state index contributed by atoms with van der Waals surface area (Å²) in [7, 11) is 1.26. The smallest absolute Gasteiger partial charge is 0.325 e. The van der Waals surface area contributed by atoms with Gasteiger partial charge in [0.2, 0.25) is 5.91 Å². The lowest BCUT2D eigenvalue weighted by Gasteiger charge is -2.21. The third-order valence-corrected chi connectivity index (χ3v) is 3.71. The van der Waals surface area contributed by atoms with E-state index in [0.717, 1.165) is 0 Å². The van der Waals surface area contributed by atoms with E-state index in [1.165, 1.54) is 12.0 Å². The molecule has 0 bridgehead atoms. The van der Waals surface area contributed by atoms with Crippen molar-refractivity contribution >= 4 is 17.8 Å². The van der Waals surface area contributed by atoms with Crippen molar-refractivity contribution in [3.63, 3.8) is 0 Å². The van der Waals surface area contributed by atoms with Crippen LogP contribution in [-0.4, -0.2) is 48.1 Å². The first kappa shape index (κ1) is 15.5. The highest BCUT2D eigenvalue weighted by Crippen LogP contribution is 2.59. The van der Waals surface area contributed by atoms with Crippen molar-refractivity contribution in [1.29, 1.82) is 0 Å². The number of methoxy groups -OCH3 is 1. The molecule has 1 aliphatic rings. The third kappa shape index (κ3) is 3.05. The van der Waals surface area contributed by atoms with Gasteiger partial charge in [0.1, 0.15) is 6.54 Å². The number of carboxylic acid groups (broad SMARTS) is 1. The van der Waals surface area contributed by atoms with Crippen molar-refractivity contribution in [2.75, 3.05) is 20.2 Å². The second-order valence-corrected chi connectivity index (χ2v) is 5.45. The quantitative estimate of drug-likeness (QED) is 0.721. The summed E-state index contributed by atoms with van der Waals surface area (Å²) >= 11 is 0. The summed E-state index contributed by atoms with van der Waals surface area (Å²) in [6.45, 7) is 5.71. The summed E-state index contributed by atoms with van der Waals surface area (Å²) in [5, 5.41) is 9.09. The minimum atomic E-state index is -0.960. The number of aliphatic carboxylic acids is 1. The molecule has 0 aromatic heterocycles. The molecule has 6 nitrogen and oxygen atoms in total. The van der Waals surface area contributed by atoms with Crippen molar-refractivity contribution in [2.24, 2.45) is 17.3 Å². The van der Waals surface area contributed by atoms with Crippen LogP contribution >= 0.6 is 0 Å². The maximum absolute atomic E-state index is 12.3. The SMILES string of the molecule is CCCN(CC(=O)OC)C(=O)C1C(C(=O)O)C1(C)C. The van der Waals surface area contributed by atoms with E-state index < -0.39 is 29.2 Å². The monoisotopic (exact) mass is 271 g/mol. The van der Waals surface area contributed by atoms with E-state index in [4.69, 9.17) is 5.11 Å². The van der Waals surface area contributed by atoms with Gasteiger partial charge in [0.15, 0.2) is 0 Å². The molecule has 0 heterocycles. The Hall–Kier alpha value is -1.59. The Morgan fingerprint density at radius 2 is 1.84 bits per heavy atom. The molecule has 0 aromatic rings. The van der Waals surface area contributed by atoms with E-state index in [2.05, 4.69) is 4.74 Å². The van der Waals surface area contributed by atoms with Gasteiger partial charge in [0.05, 0.1) is 18.9 Å². The maximum Gasteiger partial charge on any atom is 0.325 e. The van der Waals surface area contributed by atoms with Crippen LogP contribution in [0.15, 0.2) is 0 Å². The number of rotatable bonds is 6. The van der Waals surface area contributed by atoms with Crippen LogP contribution in [0.5, 0.6) is 0 Å². The standard InChI is InChI=1S/C13H21NO5/c1-5-6-14(7-8(15)19-4)11(16)9-10(12(17)18)13(9,2)3/h9-10H,5-7H2,1-4H3,(H,17,18). The fraction of sp³-hybridized carbons (Fsp3) is 0.769. The van der Waals surface area contributed by atoms with Crippen molar-refractivity contribution in [3.05, 3.63) is 0 Å². The average Bonchev–Trinajstić information content (AvgIpc) is 2.90. The topological polar surface area (TPSA) is 83.9 Å². The van der Waals surface area contributed by atoms with Gasteiger partial charge >= 0.3 is 11.9 Å². The van der Waals surface area contributed by atoms with Crippen LogP contribution in [0.25, 0.3) is 0 Å². The zero-order chi connectivity index (χ0) is 14.8. The summed E-state index contributed by atoms with van der Waals surface area (Å²) in [6, 6.07) is 0. The van der Waals surface area contributed by atoms with Crippen molar-refractivity contribution < 1.29 is 24.2 Å². The molecule has 0 saturated heterocycles. The van der Waals surface area contributed by atoms with Crippen molar-refractivity contribution in [2.45, 2.75) is 27.2 Å². The molecular weight excluding hydrogens is 250 g/mol. The van der Waals surface area contributed by atoms with Crippen molar-refractivity contribution in [1.82, 2.24) is 4.90 Å². The highest BCUT2D eigenvalue weighted by molar-refractivity contribution is 5.93. The molecule has 1 saturated carbocycles. The number of hydrogen-bond donors (Lipinski definition) is 1. The lowest BCUT2D eigenvalue weighted by Crippen LogP contribution is -2.38. The number of carbonyl (C=O) groups excluding carboxylic acids is 2. The summed E-state index contributed by atoms with van der Waals surface area (Å²) in [5.41, 5.74) is -0.551. The molecule has 6 heteroatoms. The summed E-state index contributed by atoms with van der Waals surface area (Å²) in [5.74, 6) is -2.95. The van der Waals surface area contributed by atoms with Gasteiger partial charge in [0, 0.05) is 6.54 Å². The zero-order valence-corrected chi connectivity index (χ0v) is 11.8. The fourth-order valence-corrected chi connectivity index (χ4v) is 2.51. The molecule has 1 fully saturated rings.